The highest BCUT2D eigenvalue weighted by Gasteiger charge is 2.36. The largest absolute Gasteiger partial charge is 0.488 e. The lowest BCUT2D eigenvalue weighted by molar-refractivity contribution is 0.0918. The summed E-state index contributed by atoms with van der Waals surface area (Å²) in [4.78, 5) is 24.3. The molecule has 11 heteroatoms. The number of fused-ring (bicyclic) bond motifs is 4. The number of aryl methyl sites for hydroxylation is 1. The number of rotatable bonds is 3. The number of piperazine rings is 1. The molecule has 5 heterocycles. The Labute approximate surface area is 198 Å². The number of nitrogens with one attached hydrogen (secondary N) is 2. The van der Waals surface area contributed by atoms with Gasteiger partial charge in [-0.05, 0) is 19.8 Å². The van der Waals surface area contributed by atoms with Gasteiger partial charge in [-0.25, -0.2) is 18.7 Å². The Morgan fingerprint density at radius 3 is 2.85 bits per heavy atom. The Morgan fingerprint density at radius 1 is 1.32 bits per heavy atom. The van der Waals surface area contributed by atoms with E-state index in [1.807, 2.05) is 11.8 Å². The van der Waals surface area contributed by atoms with E-state index < -0.39 is 23.6 Å². The summed E-state index contributed by atoms with van der Waals surface area (Å²) in [5.74, 6) is -1.53. The third-order valence-electron chi connectivity index (χ3n) is 6.79. The van der Waals surface area contributed by atoms with Gasteiger partial charge in [-0.15, -0.1) is 11.3 Å². The first kappa shape index (κ1) is 21.5. The zero-order chi connectivity index (χ0) is 23.6. The van der Waals surface area contributed by atoms with Crippen LogP contribution in [-0.2, 0) is 6.42 Å². The van der Waals surface area contributed by atoms with Crippen LogP contribution in [0.15, 0.2) is 12.3 Å². The number of halogens is 2. The van der Waals surface area contributed by atoms with Crippen molar-refractivity contribution in [1.29, 1.82) is 0 Å². The van der Waals surface area contributed by atoms with E-state index in [4.69, 9.17) is 10.5 Å². The Bertz CT molecular complexity index is 1300. The molecule has 2 saturated heterocycles. The monoisotopic (exact) mass is 486 g/mol. The number of carbonyl (C=O) groups is 1. The van der Waals surface area contributed by atoms with Crippen LogP contribution in [-0.4, -0.2) is 53.7 Å². The van der Waals surface area contributed by atoms with Gasteiger partial charge in [-0.1, -0.05) is 0 Å². The van der Waals surface area contributed by atoms with Crippen LogP contribution >= 0.6 is 11.3 Å². The molecule has 1 amide bonds. The Hall–Kier alpha value is -3.05. The predicted molar refractivity (Wildman–Crippen MR) is 126 cm³/mol. The van der Waals surface area contributed by atoms with Crippen LogP contribution in [0.25, 0.3) is 10.3 Å². The van der Waals surface area contributed by atoms with E-state index in [-0.39, 0.29) is 35.7 Å². The standard InChI is InChI=1S/C23H24F2N6O2S/c1-10-6-27-19-18(26)21(34-23(19)28-10)22(32)30-13-4-14-15(24)5-16(17(25)20(14)33-9-13)31-7-11-2-3-12(8-31)29-11/h5-6,11-13,29H,2-4,7-9,26H2,1H3,(H,30,32)/t11?,12?,13-/m1/s1. The van der Waals surface area contributed by atoms with Gasteiger partial charge in [0, 0.05) is 49.4 Å². The van der Waals surface area contributed by atoms with Crippen molar-refractivity contribution in [3.05, 3.63) is 40.0 Å². The van der Waals surface area contributed by atoms with E-state index in [0.29, 0.717) is 40.4 Å². The molecule has 178 valence electrons. The topological polar surface area (TPSA) is 105 Å². The van der Waals surface area contributed by atoms with Crippen LogP contribution in [0.1, 0.15) is 33.8 Å². The predicted octanol–water partition coefficient (Wildman–Crippen LogP) is 2.53. The van der Waals surface area contributed by atoms with Gasteiger partial charge >= 0.3 is 0 Å². The molecular weight excluding hydrogens is 462 g/mol. The number of aromatic nitrogens is 2. The van der Waals surface area contributed by atoms with Crippen LogP contribution in [0, 0.1) is 18.6 Å². The van der Waals surface area contributed by atoms with E-state index >= 15 is 8.78 Å². The molecule has 3 aromatic rings. The van der Waals surface area contributed by atoms with Gasteiger partial charge in [-0.3, -0.25) is 4.79 Å². The van der Waals surface area contributed by atoms with Gasteiger partial charge in [0.1, 0.15) is 27.6 Å². The van der Waals surface area contributed by atoms with E-state index in [1.54, 1.807) is 6.20 Å². The molecule has 6 rings (SSSR count). The fourth-order valence-electron chi connectivity index (χ4n) is 5.16. The molecule has 2 aromatic heterocycles. The van der Waals surface area contributed by atoms with Crippen molar-refractivity contribution in [2.75, 3.05) is 30.3 Å². The fourth-order valence-corrected chi connectivity index (χ4v) is 6.16. The molecular formula is C23H24F2N6O2S. The average molecular weight is 487 g/mol. The first-order valence-corrected chi connectivity index (χ1v) is 12.2. The molecule has 3 atom stereocenters. The van der Waals surface area contributed by atoms with Gasteiger partial charge < -0.3 is 26.0 Å². The molecule has 2 fully saturated rings. The van der Waals surface area contributed by atoms with Crippen LogP contribution < -0.4 is 26.0 Å². The molecule has 0 aliphatic carbocycles. The van der Waals surface area contributed by atoms with E-state index in [0.717, 1.165) is 29.9 Å². The van der Waals surface area contributed by atoms with E-state index in [1.165, 1.54) is 6.07 Å². The van der Waals surface area contributed by atoms with Gasteiger partial charge in [0.05, 0.1) is 23.1 Å². The summed E-state index contributed by atoms with van der Waals surface area (Å²) < 4.78 is 36.2. The number of carbonyl (C=O) groups excluding carboxylic acids is 1. The number of nitrogens with zero attached hydrogens (tertiary/aromatic N) is 3. The molecule has 3 aliphatic rings. The second-order valence-corrected chi connectivity index (χ2v) is 10.2. The first-order valence-electron chi connectivity index (χ1n) is 11.3. The minimum atomic E-state index is -0.538. The van der Waals surface area contributed by atoms with Crippen molar-refractivity contribution in [2.45, 2.75) is 44.3 Å². The number of amides is 1. The van der Waals surface area contributed by atoms with Crippen molar-refractivity contribution in [1.82, 2.24) is 20.6 Å². The van der Waals surface area contributed by atoms with Gasteiger partial charge in [0.2, 0.25) is 0 Å². The maximum atomic E-state index is 15.4. The van der Waals surface area contributed by atoms with Crippen molar-refractivity contribution < 1.29 is 18.3 Å². The lowest BCUT2D eigenvalue weighted by atomic mass is 10.00. The summed E-state index contributed by atoms with van der Waals surface area (Å²) in [6, 6.07) is 1.33. The molecule has 2 unspecified atom stereocenters. The van der Waals surface area contributed by atoms with Crippen molar-refractivity contribution >= 4 is 39.0 Å². The molecule has 8 nitrogen and oxygen atoms in total. The van der Waals surface area contributed by atoms with E-state index in [9.17, 15) is 4.79 Å². The highest BCUT2D eigenvalue weighted by Crippen LogP contribution is 2.38. The molecule has 4 N–H and O–H groups in total. The number of anilines is 2. The highest BCUT2D eigenvalue weighted by molar-refractivity contribution is 7.21. The molecule has 0 spiro atoms. The summed E-state index contributed by atoms with van der Waals surface area (Å²) in [6.45, 7) is 3.13. The van der Waals surface area contributed by atoms with Gasteiger partial charge in [-0.2, -0.15) is 0 Å². The molecule has 3 aliphatic heterocycles. The number of hydrogen-bond donors (Lipinski definition) is 3. The number of nitrogen functional groups attached to an aromatic ring is 1. The number of benzene rings is 1. The van der Waals surface area contributed by atoms with Crippen LogP contribution in [0.2, 0.25) is 0 Å². The Morgan fingerprint density at radius 2 is 2.09 bits per heavy atom. The summed E-state index contributed by atoms with van der Waals surface area (Å²) in [7, 11) is 0. The van der Waals surface area contributed by atoms with Gasteiger partial charge in [0.25, 0.3) is 5.91 Å². The van der Waals surface area contributed by atoms with E-state index in [2.05, 4.69) is 20.6 Å². The maximum absolute atomic E-state index is 15.4. The zero-order valence-electron chi connectivity index (χ0n) is 18.5. The highest BCUT2D eigenvalue weighted by atomic mass is 32.1. The molecule has 1 aromatic carbocycles. The van der Waals surface area contributed by atoms with Crippen molar-refractivity contribution in [3.63, 3.8) is 0 Å². The number of nitrogens with two attached hydrogens (primary N) is 1. The summed E-state index contributed by atoms with van der Waals surface area (Å²) in [5.41, 5.74) is 7.97. The van der Waals surface area contributed by atoms with Crippen LogP contribution in [0.4, 0.5) is 20.2 Å². The third kappa shape index (κ3) is 3.54. The number of thiophene rings is 1. The lowest BCUT2D eigenvalue weighted by Gasteiger charge is -2.36. The Balaban J connectivity index is 1.22. The maximum Gasteiger partial charge on any atom is 0.263 e. The third-order valence-corrected chi connectivity index (χ3v) is 7.87. The fraction of sp³-hybridized carbons (Fsp3) is 0.435. The summed E-state index contributed by atoms with van der Waals surface area (Å²) in [6.07, 6.45) is 3.81. The number of hydrogen-bond acceptors (Lipinski definition) is 8. The normalized spacial score (nSPS) is 23.6. The summed E-state index contributed by atoms with van der Waals surface area (Å²) >= 11 is 1.15. The molecule has 0 radical (unpaired) electrons. The summed E-state index contributed by atoms with van der Waals surface area (Å²) in [5, 5.41) is 6.33. The van der Waals surface area contributed by atoms with Crippen molar-refractivity contribution in [3.8, 4) is 5.75 Å². The SMILES string of the molecule is Cc1cnc2c(N)c(C(=O)N[C@H]3COc4c(F)c(N5CC6CCC(C5)N6)cc(F)c4C3)sc2n1. The molecule has 2 bridgehead atoms. The van der Waals surface area contributed by atoms with Crippen LogP contribution in [0.3, 0.4) is 0 Å². The number of ether oxygens (including phenoxy) is 1. The molecule has 0 saturated carbocycles. The minimum Gasteiger partial charge on any atom is -0.488 e. The smallest absolute Gasteiger partial charge is 0.263 e. The van der Waals surface area contributed by atoms with Crippen molar-refractivity contribution in [2.24, 2.45) is 0 Å². The Kier molecular flexibility index (Phi) is 5.07. The average Bonchev–Trinajstić information content (AvgIpc) is 3.33. The molecule has 34 heavy (non-hydrogen) atoms. The lowest BCUT2D eigenvalue weighted by Crippen LogP contribution is -2.51. The minimum absolute atomic E-state index is 0.0335. The first-order chi connectivity index (χ1) is 16.4. The zero-order valence-corrected chi connectivity index (χ0v) is 19.3. The second kappa shape index (κ2) is 8.02. The quantitative estimate of drug-likeness (QED) is 0.523. The van der Waals surface area contributed by atoms with Gasteiger partial charge in [0.15, 0.2) is 11.6 Å². The van der Waals surface area contributed by atoms with Crippen LogP contribution in [0.5, 0.6) is 5.75 Å². The second-order valence-electron chi connectivity index (χ2n) is 9.24.